The summed E-state index contributed by atoms with van der Waals surface area (Å²) in [6.07, 6.45) is 10.4. The van der Waals surface area contributed by atoms with Crippen molar-refractivity contribution in [3.8, 4) is 0 Å². The Kier molecular flexibility index (Phi) is 76.0. The van der Waals surface area contributed by atoms with Crippen LogP contribution in [0.25, 0.3) is 0 Å². The maximum atomic E-state index is 12.2. The molecule has 0 radical (unpaired) electrons. The first kappa shape index (κ1) is 110. The van der Waals surface area contributed by atoms with Crippen molar-refractivity contribution < 1.29 is 75.0 Å². The molecule has 2 aliphatic rings. The maximum absolute atomic E-state index is 12.2. The van der Waals surface area contributed by atoms with E-state index >= 15 is 0 Å². The molecule has 2 saturated heterocycles. The van der Waals surface area contributed by atoms with Gasteiger partial charge in [0.15, 0.2) is 0 Å². The third-order valence-corrected chi connectivity index (χ3v) is 13.2. The van der Waals surface area contributed by atoms with Gasteiger partial charge in [-0.15, -0.1) is 12.6 Å². The van der Waals surface area contributed by atoms with Crippen molar-refractivity contribution in [2.45, 2.75) is 214 Å². The number of carbonyl (C=O) groups excluding carboxylic acids is 12. The average molecular weight is 1490 g/mol. The molecule has 0 spiro atoms. The number of nitrogens with two attached hydrogens (primary N) is 5. The number of amides is 15. The molecular formula is C70H134N16O16S. The van der Waals surface area contributed by atoms with Crippen LogP contribution in [0.4, 0.5) is 19.2 Å². The Labute approximate surface area is 616 Å². The van der Waals surface area contributed by atoms with Crippen LogP contribution in [0.2, 0.25) is 0 Å². The van der Waals surface area contributed by atoms with Gasteiger partial charge in [0, 0.05) is 135 Å². The summed E-state index contributed by atoms with van der Waals surface area (Å²) in [4.78, 5) is 138. The SMILES string of the molecule is CC(C)(C)C(N)=O.CC(C)C(N)=O.CC1CCCNC1=O.CCC(=O)N1CCCCC1.CCC(=O)NC(C)(C)C.CCC(N)=O.CCCCNC(=O)CC.CCN(C)C(=O)NN.CCN(C)C(=O)NOC=O.CCN(C)C(N)=O.CCN(Cc1ccccc1)C(=O)NCc1ccccc1.O=S(=O)=O. The number of nitrogens with zero attached hydrogens (tertiary/aromatic N) is 5. The topological polar surface area (TPSA) is 484 Å². The number of carbonyl (C=O) groups is 12. The number of unbranched alkanes of at least 4 members (excludes halogenated alkanes) is 1. The normalized spacial score (nSPS) is 11.8. The minimum absolute atomic E-state index is 0.00926. The first-order chi connectivity index (χ1) is 47.9. The van der Waals surface area contributed by atoms with Gasteiger partial charge in [0.1, 0.15) is 0 Å². The lowest BCUT2D eigenvalue weighted by Crippen LogP contribution is -2.40. The molecule has 1 atom stereocenters. The van der Waals surface area contributed by atoms with Gasteiger partial charge in [-0.3, -0.25) is 43.8 Å². The Morgan fingerprint density at radius 1 is 0.641 bits per heavy atom. The number of primary amides is 4. The first-order valence-corrected chi connectivity index (χ1v) is 35.6. The molecule has 0 bridgehead atoms. The second-order valence-electron chi connectivity index (χ2n) is 24.6. The highest BCUT2D eigenvalue weighted by atomic mass is 32.2. The number of piperidine rings is 2. The molecule has 4 rings (SSSR count). The molecule has 596 valence electrons. The lowest BCUT2D eigenvalue weighted by Gasteiger charge is -2.26. The number of nitrogens with one attached hydrogen (secondary N) is 6. The molecule has 103 heavy (non-hydrogen) atoms. The van der Waals surface area contributed by atoms with E-state index in [2.05, 4.69) is 38.8 Å². The zero-order valence-corrected chi connectivity index (χ0v) is 66.7. The Hall–Kier alpha value is -9.14. The van der Waals surface area contributed by atoms with Gasteiger partial charge in [-0.25, -0.2) is 25.0 Å². The van der Waals surface area contributed by atoms with E-state index in [-0.39, 0.29) is 82.8 Å². The summed E-state index contributed by atoms with van der Waals surface area (Å²) in [7, 11) is 1.80. The molecule has 2 aliphatic heterocycles. The zero-order chi connectivity index (χ0) is 81.7. The van der Waals surface area contributed by atoms with Gasteiger partial charge >= 0.3 is 41.2 Å². The number of rotatable bonds is 18. The van der Waals surface area contributed by atoms with Gasteiger partial charge < -0.3 is 73.5 Å². The molecule has 16 N–H and O–H groups in total. The number of hydroxylamine groups is 1. The first-order valence-electron chi connectivity index (χ1n) is 34.6. The zero-order valence-electron chi connectivity index (χ0n) is 65.9. The Balaban J connectivity index is -0.000000164. The molecule has 0 saturated carbocycles. The third kappa shape index (κ3) is 81.7. The van der Waals surface area contributed by atoms with Crippen molar-refractivity contribution in [1.82, 2.24) is 56.7 Å². The standard InChI is InChI=1S/C17H20N2O.C8H15NO.2C7H15NO.C6H11NO.C5H10N2O3.C5H11NO.C4H11N3O.C4H10N2O.C4H9NO.C3H7NO.O3S/c1-2-19(14-16-11-7-4-8-12-16)17(20)18-13-15-9-5-3-6-10-15;1-2-8(10)9-6-4-3-5-7-9;1-5-6(9)8-7(2,3)4;1-3-5-6-8-7(9)4-2;1-5-3-2-4-7-6(5)8;1-3-7(2)5(9)6-10-4-8;1-5(2,3)4(6)7;1-3-7(2)4(8)6-5;1-3-6(2)4(5)7;1-3(2)4(5)6;1-2-3(4)5;1-4(2)3/h3-12H,2,13-14H2,1H3,(H,18,20);2-7H2,1H3;5H2,1-4H3,(H,8,9);3-6H2,1-2H3,(H,8,9);5H,2-4H2,1H3,(H,7,8);4H,3H2,1-2H3,(H,6,9);1-3H3,(H2,6,7);3,5H2,1-2H3,(H,6,8);3H2,1-2H3,(H2,5,7);3H,1-2H3,(H2,5,6);2H2,1H3,(H2,4,5);. The van der Waals surface area contributed by atoms with Crippen molar-refractivity contribution >= 4 is 82.6 Å². The van der Waals surface area contributed by atoms with E-state index in [1.54, 1.807) is 74.5 Å². The number of hydrogen-bond donors (Lipinski definition) is 11. The van der Waals surface area contributed by atoms with E-state index in [1.165, 1.54) is 34.0 Å². The van der Waals surface area contributed by atoms with Crippen LogP contribution in [0, 0.1) is 17.3 Å². The summed E-state index contributed by atoms with van der Waals surface area (Å²) >= 11 is 0. The predicted molar refractivity (Wildman–Crippen MR) is 404 cm³/mol. The van der Waals surface area contributed by atoms with Crippen LogP contribution in [0.15, 0.2) is 60.7 Å². The van der Waals surface area contributed by atoms with Crippen molar-refractivity contribution in [2.75, 3.05) is 73.5 Å². The molecule has 0 aromatic heterocycles. The summed E-state index contributed by atoms with van der Waals surface area (Å²) in [6.45, 7) is 41.4. The minimum Gasteiger partial charge on any atom is -0.370 e. The summed E-state index contributed by atoms with van der Waals surface area (Å²) in [5.41, 5.74) is 24.9. The monoisotopic (exact) mass is 1490 g/mol. The fourth-order valence-electron chi connectivity index (χ4n) is 6.05. The number of benzene rings is 2. The van der Waals surface area contributed by atoms with Crippen LogP contribution in [-0.2, 0) is 66.9 Å². The van der Waals surface area contributed by atoms with E-state index < -0.39 is 16.6 Å². The number of hydrogen-bond acceptors (Lipinski definition) is 17. The van der Waals surface area contributed by atoms with Crippen LogP contribution < -0.4 is 61.0 Å². The second-order valence-corrected chi connectivity index (χ2v) is 25.0. The average Bonchev–Trinajstić information content (AvgIpc) is 0.926. The lowest BCUT2D eigenvalue weighted by molar-refractivity contribution is -0.133. The highest BCUT2D eigenvalue weighted by molar-refractivity contribution is 7.59. The molecule has 0 aliphatic carbocycles. The number of likely N-dealkylation sites (tertiary alicyclic amines) is 1. The van der Waals surface area contributed by atoms with Crippen LogP contribution in [0.5, 0.6) is 0 Å². The van der Waals surface area contributed by atoms with E-state index in [0.29, 0.717) is 70.9 Å². The van der Waals surface area contributed by atoms with Crippen LogP contribution in [0.1, 0.15) is 206 Å². The van der Waals surface area contributed by atoms with Gasteiger partial charge in [0.25, 0.3) is 0 Å². The van der Waals surface area contributed by atoms with Gasteiger partial charge in [-0.2, -0.15) is 5.48 Å². The highest BCUT2D eigenvalue weighted by Gasteiger charge is 2.18. The van der Waals surface area contributed by atoms with Crippen LogP contribution >= 0.6 is 0 Å². The molecule has 2 heterocycles. The van der Waals surface area contributed by atoms with E-state index in [1.807, 2.05) is 146 Å². The molecule has 15 amide bonds. The van der Waals surface area contributed by atoms with Crippen molar-refractivity contribution in [3.63, 3.8) is 0 Å². The largest absolute Gasteiger partial charge is 0.425 e. The van der Waals surface area contributed by atoms with Crippen LogP contribution in [-0.4, -0.2) is 188 Å². The summed E-state index contributed by atoms with van der Waals surface area (Å²) in [6, 6.07) is 18.9. The molecule has 2 fully saturated rings. The Bertz CT molecular complexity index is 2690. The molecular weight excluding hydrogens is 1350 g/mol. The minimum atomic E-state index is -3.11. The number of hydrazine groups is 1. The third-order valence-electron chi connectivity index (χ3n) is 13.2. The van der Waals surface area contributed by atoms with Gasteiger partial charge in [0.05, 0.1) is 0 Å². The molecule has 2 aromatic rings. The van der Waals surface area contributed by atoms with Gasteiger partial charge in [-0.05, 0) is 98.1 Å². The maximum Gasteiger partial charge on any atom is 0.425 e. The fourth-order valence-corrected chi connectivity index (χ4v) is 6.05. The number of urea groups is 4. The van der Waals surface area contributed by atoms with E-state index in [9.17, 15) is 57.5 Å². The lowest BCUT2D eigenvalue weighted by atomic mass is 9.96. The summed E-state index contributed by atoms with van der Waals surface area (Å²) in [5.74, 6) is 5.12. The summed E-state index contributed by atoms with van der Waals surface area (Å²) in [5, 5.41) is 11.4. The smallest absolute Gasteiger partial charge is 0.370 e. The Morgan fingerprint density at radius 2 is 1.08 bits per heavy atom. The summed E-state index contributed by atoms with van der Waals surface area (Å²) < 4.78 is 25.3. The van der Waals surface area contributed by atoms with Crippen LogP contribution in [0.3, 0.4) is 0 Å². The fraction of sp³-hybridized carbons (Fsp3) is 0.657. The van der Waals surface area contributed by atoms with Crippen molar-refractivity contribution in [3.05, 3.63) is 71.8 Å². The molecule has 1 unspecified atom stereocenters. The predicted octanol–water partition coefficient (Wildman–Crippen LogP) is 6.78. The highest BCUT2D eigenvalue weighted by Crippen LogP contribution is 2.11. The van der Waals surface area contributed by atoms with Gasteiger partial charge in [-0.1, -0.05) is 143 Å². The molecule has 2 aromatic carbocycles. The Morgan fingerprint density at radius 3 is 1.36 bits per heavy atom. The quantitative estimate of drug-likeness (QED) is 0.0241. The molecule has 32 nitrogen and oxygen atoms in total. The van der Waals surface area contributed by atoms with E-state index in [4.69, 9.17) is 35.7 Å². The second kappa shape index (κ2) is 71.3. The van der Waals surface area contributed by atoms with E-state index in [0.717, 1.165) is 63.0 Å². The van der Waals surface area contributed by atoms with Crippen molar-refractivity contribution in [2.24, 2.45) is 46.0 Å². The van der Waals surface area contributed by atoms with Gasteiger partial charge in [0.2, 0.25) is 41.4 Å². The molecule has 33 heteroatoms. The van der Waals surface area contributed by atoms with Crippen molar-refractivity contribution in [1.29, 1.82) is 0 Å².